The van der Waals surface area contributed by atoms with E-state index in [1.165, 1.54) is 6.07 Å². The maximum atomic E-state index is 12.5. The molecule has 1 aromatic heterocycles. The van der Waals surface area contributed by atoms with Gasteiger partial charge in [-0.1, -0.05) is 23.7 Å². The number of morpholine rings is 1. The third-order valence-electron chi connectivity index (χ3n) is 4.27. The van der Waals surface area contributed by atoms with Gasteiger partial charge in [-0.3, -0.25) is 4.90 Å². The second-order valence-electron chi connectivity index (χ2n) is 5.85. The van der Waals surface area contributed by atoms with Crippen molar-refractivity contribution >= 4 is 33.0 Å². The summed E-state index contributed by atoms with van der Waals surface area (Å²) in [5.41, 5.74) is 1.03. The first-order chi connectivity index (χ1) is 12.5. The molecule has 0 spiro atoms. The highest BCUT2D eigenvalue weighted by Crippen LogP contribution is 2.27. The van der Waals surface area contributed by atoms with Crippen LogP contribution in [0, 0.1) is 0 Å². The first-order valence-corrected chi connectivity index (χ1v) is 10.9. The minimum atomic E-state index is -3.59. The van der Waals surface area contributed by atoms with Crippen molar-refractivity contribution in [2.24, 2.45) is 0 Å². The number of halogens is 1. The summed E-state index contributed by atoms with van der Waals surface area (Å²) in [5.74, 6) is 0.767. The lowest BCUT2D eigenvalue weighted by molar-refractivity contribution is 0.0172. The minimum Gasteiger partial charge on any atom is -0.497 e. The van der Waals surface area contributed by atoms with Crippen LogP contribution in [-0.4, -0.2) is 53.3 Å². The van der Waals surface area contributed by atoms with Crippen molar-refractivity contribution in [2.75, 3.05) is 40.0 Å². The molecule has 2 heterocycles. The second-order valence-corrected chi connectivity index (χ2v) is 9.56. The van der Waals surface area contributed by atoms with Gasteiger partial charge in [0.25, 0.3) is 0 Å². The molecule has 142 valence electrons. The number of rotatable bonds is 7. The molecule has 1 aliphatic heterocycles. The molecule has 0 saturated carbocycles. The Bertz CT molecular complexity index is 818. The molecule has 9 heteroatoms. The highest BCUT2D eigenvalue weighted by atomic mass is 35.5. The molecule has 1 N–H and O–H groups in total. The van der Waals surface area contributed by atoms with Gasteiger partial charge in [-0.15, -0.1) is 11.3 Å². The maximum absolute atomic E-state index is 12.5. The van der Waals surface area contributed by atoms with Crippen LogP contribution in [0.1, 0.15) is 11.6 Å². The lowest BCUT2D eigenvalue weighted by Gasteiger charge is -2.34. The summed E-state index contributed by atoms with van der Waals surface area (Å²) in [5, 5.41) is 0. The molecular formula is C17H21ClN2O4S2. The van der Waals surface area contributed by atoms with Crippen LogP contribution in [0.3, 0.4) is 0 Å². The van der Waals surface area contributed by atoms with Crippen LogP contribution in [-0.2, 0) is 14.8 Å². The molecule has 1 aliphatic rings. The molecule has 1 atom stereocenters. The molecule has 2 aromatic rings. The Morgan fingerprint density at radius 3 is 2.50 bits per heavy atom. The largest absolute Gasteiger partial charge is 0.497 e. The van der Waals surface area contributed by atoms with Crippen molar-refractivity contribution in [3.63, 3.8) is 0 Å². The van der Waals surface area contributed by atoms with Gasteiger partial charge in [-0.25, -0.2) is 13.1 Å². The number of methoxy groups -OCH3 is 1. The minimum absolute atomic E-state index is 0.0879. The van der Waals surface area contributed by atoms with Gasteiger partial charge >= 0.3 is 0 Å². The summed E-state index contributed by atoms with van der Waals surface area (Å²) in [6.07, 6.45) is 0. The van der Waals surface area contributed by atoms with Crippen molar-refractivity contribution in [3.8, 4) is 5.75 Å². The van der Waals surface area contributed by atoms with Crippen LogP contribution >= 0.6 is 22.9 Å². The summed E-state index contributed by atoms with van der Waals surface area (Å²) >= 11 is 6.92. The van der Waals surface area contributed by atoms with Gasteiger partial charge in [0.1, 0.15) is 9.96 Å². The lowest BCUT2D eigenvalue weighted by Crippen LogP contribution is -2.43. The number of hydrogen-bond donors (Lipinski definition) is 1. The van der Waals surface area contributed by atoms with Crippen molar-refractivity contribution in [2.45, 2.75) is 10.3 Å². The Morgan fingerprint density at radius 1 is 1.23 bits per heavy atom. The summed E-state index contributed by atoms with van der Waals surface area (Å²) in [4.78, 5) is 2.23. The van der Waals surface area contributed by atoms with E-state index < -0.39 is 10.0 Å². The van der Waals surface area contributed by atoms with E-state index in [-0.39, 0.29) is 16.8 Å². The average molecular weight is 417 g/mol. The maximum Gasteiger partial charge on any atom is 0.250 e. The normalized spacial score (nSPS) is 17.2. The Morgan fingerprint density at radius 2 is 1.92 bits per heavy atom. The standard InChI is InChI=1S/C17H21ClN2O4S2/c1-23-14-4-2-13(3-5-14)15(20-8-10-24-11-9-20)12-19-26(21,22)17-7-6-16(18)25-17/h2-7,15,19H,8-12H2,1H3/t15-/m0/s1. The topological polar surface area (TPSA) is 67.9 Å². The van der Waals surface area contributed by atoms with Crippen molar-refractivity contribution in [3.05, 3.63) is 46.3 Å². The summed E-state index contributed by atoms with van der Waals surface area (Å²) in [7, 11) is -1.97. The molecule has 0 aliphatic carbocycles. The third-order valence-corrected chi connectivity index (χ3v) is 7.41. The highest BCUT2D eigenvalue weighted by Gasteiger charge is 2.25. The van der Waals surface area contributed by atoms with Gasteiger partial charge < -0.3 is 9.47 Å². The van der Waals surface area contributed by atoms with Crippen molar-refractivity contribution < 1.29 is 17.9 Å². The smallest absolute Gasteiger partial charge is 0.250 e. The van der Waals surface area contributed by atoms with Crippen molar-refractivity contribution in [1.29, 1.82) is 0 Å². The Labute approximate surface area is 162 Å². The fourth-order valence-electron chi connectivity index (χ4n) is 2.87. The van der Waals surface area contributed by atoms with E-state index in [9.17, 15) is 8.42 Å². The summed E-state index contributed by atoms with van der Waals surface area (Å²) < 4.78 is 39.1. The predicted octanol–water partition coefficient (Wildman–Crippen LogP) is 2.76. The van der Waals surface area contributed by atoms with Crippen LogP contribution in [0.15, 0.2) is 40.6 Å². The number of nitrogens with one attached hydrogen (secondary N) is 1. The number of sulfonamides is 1. The van der Waals surface area contributed by atoms with E-state index in [2.05, 4.69) is 9.62 Å². The van der Waals surface area contributed by atoms with Crippen molar-refractivity contribution in [1.82, 2.24) is 9.62 Å². The zero-order valence-electron chi connectivity index (χ0n) is 14.4. The SMILES string of the molecule is COc1ccc([C@H](CNS(=O)(=O)c2ccc(Cl)s2)N2CCOCC2)cc1. The summed E-state index contributed by atoms with van der Waals surface area (Å²) in [6, 6.07) is 10.7. The molecule has 0 unspecified atom stereocenters. The van der Waals surface area contributed by atoms with Gasteiger partial charge in [-0.2, -0.15) is 0 Å². The predicted molar refractivity (Wildman–Crippen MR) is 103 cm³/mol. The quantitative estimate of drug-likeness (QED) is 0.751. The van der Waals surface area contributed by atoms with E-state index >= 15 is 0 Å². The van der Waals surface area contributed by atoms with Gasteiger partial charge in [-0.05, 0) is 29.8 Å². The molecule has 3 rings (SSSR count). The number of thiophene rings is 1. The van der Waals surface area contributed by atoms with Gasteiger partial charge in [0.2, 0.25) is 10.0 Å². The van der Waals surface area contributed by atoms with Gasteiger partial charge in [0.05, 0.1) is 24.7 Å². The Balaban J connectivity index is 1.78. The highest BCUT2D eigenvalue weighted by molar-refractivity contribution is 7.91. The number of ether oxygens (including phenoxy) is 2. The first kappa shape index (κ1) is 19.6. The molecule has 0 bridgehead atoms. The average Bonchev–Trinajstić information content (AvgIpc) is 3.11. The fraction of sp³-hybridized carbons (Fsp3) is 0.412. The van der Waals surface area contributed by atoms with Crippen LogP contribution in [0.5, 0.6) is 5.75 Å². The van der Waals surface area contributed by atoms with Crippen LogP contribution in [0.2, 0.25) is 4.34 Å². The Kier molecular flexibility index (Phi) is 6.55. The van der Waals surface area contributed by atoms with E-state index in [4.69, 9.17) is 21.1 Å². The lowest BCUT2D eigenvalue weighted by atomic mass is 10.0. The molecule has 1 aromatic carbocycles. The zero-order valence-corrected chi connectivity index (χ0v) is 16.7. The van der Waals surface area contributed by atoms with E-state index in [1.807, 2.05) is 24.3 Å². The molecule has 26 heavy (non-hydrogen) atoms. The van der Waals surface area contributed by atoms with Crippen LogP contribution in [0.25, 0.3) is 0 Å². The molecular weight excluding hydrogens is 396 g/mol. The van der Waals surface area contributed by atoms with Gasteiger partial charge in [0, 0.05) is 25.7 Å². The Hall–Kier alpha value is -1.16. The fourth-order valence-corrected chi connectivity index (χ4v) is 5.44. The monoisotopic (exact) mass is 416 g/mol. The molecule has 0 amide bonds. The number of benzene rings is 1. The number of nitrogens with zero attached hydrogens (tertiary/aromatic N) is 1. The molecule has 6 nitrogen and oxygen atoms in total. The van der Waals surface area contributed by atoms with Crippen LogP contribution < -0.4 is 9.46 Å². The first-order valence-electron chi connectivity index (χ1n) is 8.20. The summed E-state index contributed by atoms with van der Waals surface area (Å²) in [6.45, 7) is 3.05. The van der Waals surface area contributed by atoms with Gasteiger partial charge in [0.15, 0.2) is 0 Å². The van der Waals surface area contributed by atoms with E-state index in [0.29, 0.717) is 17.6 Å². The molecule has 0 radical (unpaired) electrons. The van der Waals surface area contributed by atoms with Crippen LogP contribution in [0.4, 0.5) is 0 Å². The van der Waals surface area contributed by atoms with E-state index in [1.54, 1.807) is 13.2 Å². The zero-order chi connectivity index (χ0) is 18.6. The second kappa shape index (κ2) is 8.69. The third kappa shape index (κ3) is 4.76. The molecule has 1 fully saturated rings. The number of hydrogen-bond acceptors (Lipinski definition) is 6. The van der Waals surface area contributed by atoms with E-state index in [0.717, 1.165) is 35.7 Å². The molecule has 1 saturated heterocycles.